The Hall–Kier alpha value is -3.16. The summed E-state index contributed by atoms with van der Waals surface area (Å²) in [5, 5.41) is 6.22. The van der Waals surface area contributed by atoms with Gasteiger partial charge in [-0.15, -0.1) is 0 Å². The van der Waals surface area contributed by atoms with Gasteiger partial charge in [0, 0.05) is 17.0 Å². The molecule has 0 unspecified atom stereocenters. The lowest BCUT2D eigenvalue weighted by Gasteiger charge is -2.10. The highest BCUT2D eigenvalue weighted by atomic mass is 19.4. The highest BCUT2D eigenvalue weighted by Gasteiger charge is 2.30. The smallest absolute Gasteiger partial charge is 0.326 e. The first-order chi connectivity index (χ1) is 12.6. The lowest BCUT2D eigenvalue weighted by atomic mass is 10.1. The quantitative estimate of drug-likeness (QED) is 0.607. The van der Waals surface area contributed by atoms with E-state index in [2.05, 4.69) is 15.8 Å². The molecule has 0 fully saturated rings. The molecule has 27 heavy (non-hydrogen) atoms. The lowest BCUT2D eigenvalue weighted by molar-refractivity contribution is -0.137. The predicted octanol–water partition coefficient (Wildman–Crippen LogP) is 4.15. The summed E-state index contributed by atoms with van der Waals surface area (Å²) in [6.07, 6.45) is -4.66. The van der Waals surface area contributed by atoms with Crippen LogP contribution in [-0.4, -0.2) is 17.5 Å². The molecular formula is C19H18F3N3O2. The van der Waals surface area contributed by atoms with Gasteiger partial charge in [0.05, 0.1) is 12.0 Å². The number of halogens is 3. The van der Waals surface area contributed by atoms with Crippen LogP contribution in [0.15, 0.2) is 53.6 Å². The zero-order valence-electron chi connectivity index (χ0n) is 14.7. The SMILES string of the molecule is C/C(CC(=O)Nc1cccc(C(F)(F)F)c1)=N/NC(=O)c1cccc(C)c1. The number of hydrogen-bond acceptors (Lipinski definition) is 3. The van der Waals surface area contributed by atoms with Crippen LogP contribution in [0.2, 0.25) is 0 Å². The van der Waals surface area contributed by atoms with Crippen molar-refractivity contribution in [3.63, 3.8) is 0 Å². The maximum Gasteiger partial charge on any atom is 0.416 e. The molecule has 0 aliphatic rings. The molecule has 8 heteroatoms. The number of hydrazone groups is 1. The molecule has 0 aliphatic heterocycles. The zero-order valence-corrected chi connectivity index (χ0v) is 14.7. The summed E-state index contributed by atoms with van der Waals surface area (Å²) in [6, 6.07) is 11.3. The molecule has 2 amide bonds. The fraction of sp³-hybridized carbons (Fsp3) is 0.211. The monoisotopic (exact) mass is 377 g/mol. The van der Waals surface area contributed by atoms with Crippen LogP contribution < -0.4 is 10.7 Å². The molecule has 2 aromatic carbocycles. The predicted molar refractivity (Wildman–Crippen MR) is 96.4 cm³/mol. The number of nitrogens with one attached hydrogen (secondary N) is 2. The summed E-state index contributed by atoms with van der Waals surface area (Å²) >= 11 is 0. The van der Waals surface area contributed by atoms with Crippen molar-refractivity contribution in [2.24, 2.45) is 5.10 Å². The van der Waals surface area contributed by atoms with Crippen LogP contribution in [0.25, 0.3) is 0 Å². The maximum atomic E-state index is 12.7. The number of anilines is 1. The van der Waals surface area contributed by atoms with Gasteiger partial charge < -0.3 is 5.32 Å². The number of amides is 2. The van der Waals surface area contributed by atoms with E-state index >= 15 is 0 Å². The van der Waals surface area contributed by atoms with E-state index in [0.717, 1.165) is 17.7 Å². The highest BCUT2D eigenvalue weighted by molar-refractivity contribution is 6.06. The van der Waals surface area contributed by atoms with Crippen molar-refractivity contribution >= 4 is 23.2 Å². The van der Waals surface area contributed by atoms with E-state index in [1.807, 2.05) is 13.0 Å². The summed E-state index contributed by atoms with van der Waals surface area (Å²) in [5.41, 5.74) is 3.18. The van der Waals surface area contributed by atoms with Crippen molar-refractivity contribution in [1.29, 1.82) is 0 Å². The van der Waals surface area contributed by atoms with Crippen molar-refractivity contribution in [2.45, 2.75) is 26.4 Å². The van der Waals surface area contributed by atoms with Gasteiger partial charge in [0.25, 0.3) is 5.91 Å². The Bertz CT molecular complexity index is 876. The van der Waals surface area contributed by atoms with Gasteiger partial charge in [-0.05, 0) is 44.2 Å². The molecule has 2 rings (SSSR count). The molecule has 0 atom stereocenters. The number of nitrogens with zero attached hydrogens (tertiary/aromatic N) is 1. The topological polar surface area (TPSA) is 70.6 Å². The molecule has 0 saturated carbocycles. The number of hydrogen-bond donors (Lipinski definition) is 2. The minimum Gasteiger partial charge on any atom is -0.326 e. The van der Waals surface area contributed by atoms with Gasteiger partial charge >= 0.3 is 6.18 Å². The van der Waals surface area contributed by atoms with Crippen LogP contribution in [0.1, 0.15) is 34.8 Å². The van der Waals surface area contributed by atoms with Crippen molar-refractivity contribution < 1.29 is 22.8 Å². The second kappa shape index (κ2) is 8.48. The fourth-order valence-electron chi connectivity index (χ4n) is 2.25. The third-order valence-electron chi connectivity index (χ3n) is 3.52. The first kappa shape index (κ1) is 20.2. The van der Waals surface area contributed by atoms with E-state index in [9.17, 15) is 22.8 Å². The third-order valence-corrected chi connectivity index (χ3v) is 3.52. The van der Waals surface area contributed by atoms with Crippen LogP contribution in [0, 0.1) is 6.92 Å². The summed E-state index contributed by atoms with van der Waals surface area (Å²) in [7, 11) is 0. The third kappa shape index (κ3) is 6.25. The first-order valence-corrected chi connectivity index (χ1v) is 8.02. The molecule has 0 spiro atoms. The Kier molecular flexibility index (Phi) is 6.33. The number of carbonyl (C=O) groups excluding carboxylic acids is 2. The van der Waals surface area contributed by atoms with Crippen LogP contribution in [0.3, 0.4) is 0 Å². The molecule has 0 bridgehead atoms. The van der Waals surface area contributed by atoms with Crippen LogP contribution in [0.4, 0.5) is 18.9 Å². The van der Waals surface area contributed by atoms with Gasteiger partial charge in [-0.3, -0.25) is 9.59 Å². The van der Waals surface area contributed by atoms with E-state index in [1.54, 1.807) is 18.2 Å². The Morgan fingerprint density at radius 1 is 1.07 bits per heavy atom. The Morgan fingerprint density at radius 2 is 1.78 bits per heavy atom. The second-order valence-electron chi connectivity index (χ2n) is 5.96. The molecule has 5 nitrogen and oxygen atoms in total. The van der Waals surface area contributed by atoms with Gasteiger partial charge in [-0.1, -0.05) is 23.8 Å². The van der Waals surface area contributed by atoms with Crippen LogP contribution in [-0.2, 0) is 11.0 Å². The molecule has 2 N–H and O–H groups in total. The minimum atomic E-state index is -4.49. The normalized spacial score (nSPS) is 11.8. The number of alkyl halides is 3. The summed E-state index contributed by atoms with van der Waals surface area (Å²) in [5.74, 6) is -0.961. The first-order valence-electron chi connectivity index (χ1n) is 8.02. The van der Waals surface area contributed by atoms with Gasteiger partial charge in [0.15, 0.2) is 0 Å². The van der Waals surface area contributed by atoms with Crippen molar-refractivity contribution in [3.05, 3.63) is 65.2 Å². The number of benzene rings is 2. The van der Waals surface area contributed by atoms with Crippen molar-refractivity contribution in [3.8, 4) is 0 Å². The second-order valence-corrected chi connectivity index (χ2v) is 5.96. The minimum absolute atomic E-state index is 0.0337. The Balaban J connectivity index is 1.93. The standard InChI is InChI=1S/C19H18F3N3O2/c1-12-5-3-6-14(9-12)18(27)25-24-13(2)10-17(26)23-16-8-4-7-15(11-16)19(20,21)22/h3-9,11H,10H2,1-2H3,(H,23,26)(H,25,27)/b24-13-. The average Bonchev–Trinajstić information content (AvgIpc) is 2.59. The molecule has 0 radical (unpaired) electrons. The molecule has 0 aromatic heterocycles. The molecule has 0 heterocycles. The Morgan fingerprint density at radius 3 is 2.44 bits per heavy atom. The lowest BCUT2D eigenvalue weighted by Crippen LogP contribution is -2.21. The number of rotatable bonds is 5. The summed E-state index contributed by atoms with van der Waals surface area (Å²) in [4.78, 5) is 23.9. The average molecular weight is 377 g/mol. The molecule has 2 aromatic rings. The Labute approximate surface area is 154 Å². The van der Waals surface area contributed by atoms with E-state index in [-0.39, 0.29) is 12.1 Å². The van der Waals surface area contributed by atoms with E-state index < -0.39 is 23.6 Å². The van der Waals surface area contributed by atoms with Gasteiger partial charge in [0.1, 0.15) is 0 Å². The molecule has 0 aliphatic carbocycles. The molecule has 0 saturated heterocycles. The van der Waals surface area contributed by atoms with Crippen LogP contribution >= 0.6 is 0 Å². The number of carbonyl (C=O) groups is 2. The van der Waals surface area contributed by atoms with Gasteiger partial charge in [-0.2, -0.15) is 18.3 Å². The number of aryl methyl sites for hydroxylation is 1. The zero-order chi connectivity index (χ0) is 20.0. The van der Waals surface area contributed by atoms with Crippen molar-refractivity contribution in [2.75, 3.05) is 5.32 Å². The summed E-state index contributed by atoms with van der Waals surface area (Å²) in [6.45, 7) is 3.38. The van der Waals surface area contributed by atoms with E-state index in [1.165, 1.54) is 19.1 Å². The maximum absolute atomic E-state index is 12.7. The fourth-order valence-corrected chi connectivity index (χ4v) is 2.25. The summed E-state index contributed by atoms with van der Waals surface area (Å²) < 4.78 is 38.1. The highest BCUT2D eigenvalue weighted by Crippen LogP contribution is 2.30. The molecular weight excluding hydrogens is 359 g/mol. The van der Waals surface area contributed by atoms with Crippen LogP contribution in [0.5, 0.6) is 0 Å². The van der Waals surface area contributed by atoms with Gasteiger partial charge in [-0.25, -0.2) is 5.43 Å². The van der Waals surface area contributed by atoms with Gasteiger partial charge in [0.2, 0.25) is 5.91 Å². The molecule has 142 valence electrons. The van der Waals surface area contributed by atoms with E-state index in [4.69, 9.17) is 0 Å². The largest absolute Gasteiger partial charge is 0.416 e. The van der Waals surface area contributed by atoms with E-state index in [0.29, 0.717) is 11.3 Å². The van der Waals surface area contributed by atoms with Crippen molar-refractivity contribution in [1.82, 2.24) is 5.43 Å².